The Morgan fingerprint density at radius 3 is 2.64 bits per heavy atom. The first kappa shape index (κ1) is 18.0. The Morgan fingerprint density at radius 1 is 1.50 bits per heavy atom. The van der Waals surface area contributed by atoms with Crippen molar-refractivity contribution in [2.75, 3.05) is 5.75 Å². The van der Waals surface area contributed by atoms with Gasteiger partial charge in [-0.05, 0) is 6.07 Å². The Hall–Kier alpha value is -2.09. The van der Waals surface area contributed by atoms with E-state index in [9.17, 15) is 14.8 Å². The number of pyridine rings is 1. The van der Waals surface area contributed by atoms with Crippen LogP contribution in [0.15, 0.2) is 18.5 Å². The van der Waals surface area contributed by atoms with Gasteiger partial charge in [-0.2, -0.15) is 12.6 Å². The summed E-state index contributed by atoms with van der Waals surface area (Å²) in [5.74, 6) is -1.78. The van der Waals surface area contributed by atoms with Crippen molar-refractivity contribution in [2.24, 2.45) is 0 Å². The first-order valence-corrected chi connectivity index (χ1v) is 7.19. The van der Waals surface area contributed by atoms with Crippen molar-refractivity contribution in [1.29, 1.82) is 0 Å². The molecular formula is C14H19N3O4S. The van der Waals surface area contributed by atoms with Gasteiger partial charge in [0.25, 0.3) is 5.91 Å². The van der Waals surface area contributed by atoms with Crippen molar-refractivity contribution >= 4 is 30.7 Å². The molecule has 1 aromatic heterocycles. The van der Waals surface area contributed by atoms with E-state index >= 15 is 0 Å². The molecule has 120 valence electrons. The number of hydroxylamine groups is 1. The average molecular weight is 325 g/mol. The number of nitrogens with zero attached hydrogens (tertiary/aromatic N) is 2. The minimum atomic E-state index is -1.17. The summed E-state index contributed by atoms with van der Waals surface area (Å²) in [6.07, 6.45) is 4.08. The average Bonchev–Trinajstić information content (AvgIpc) is 2.43. The van der Waals surface area contributed by atoms with Crippen molar-refractivity contribution in [2.45, 2.75) is 32.4 Å². The molecule has 0 aromatic carbocycles. The van der Waals surface area contributed by atoms with Crippen LogP contribution in [0.3, 0.4) is 0 Å². The minimum absolute atomic E-state index is 0.0291. The van der Waals surface area contributed by atoms with Crippen molar-refractivity contribution in [3.63, 3.8) is 0 Å². The van der Waals surface area contributed by atoms with Crippen molar-refractivity contribution in [3.05, 3.63) is 34.8 Å². The molecule has 1 heterocycles. The van der Waals surface area contributed by atoms with Gasteiger partial charge in [0.05, 0.1) is 11.1 Å². The predicted octanol–water partition coefficient (Wildman–Crippen LogP) is 0.922. The van der Waals surface area contributed by atoms with Gasteiger partial charge in [0.2, 0.25) is 0 Å². The van der Waals surface area contributed by atoms with Crippen LogP contribution in [0.1, 0.15) is 36.7 Å². The number of carboxylic acids is 1. The van der Waals surface area contributed by atoms with Crippen LogP contribution >= 0.6 is 12.6 Å². The highest BCUT2D eigenvalue weighted by molar-refractivity contribution is 7.80. The fraction of sp³-hybridized carbons (Fsp3) is 0.429. The van der Waals surface area contributed by atoms with E-state index in [-0.39, 0.29) is 11.3 Å². The lowest BCUT2D eigenvalue weighted by Gasteiger charge is -2.18. The van der Waals surface area contributed by atoms with Gasteiger partial charge in [-0.1, -0.05) is 0 Å². The van der Waals surface area contributed by atoms with E-state index in [1.165, 1.54) is 24.7 Å². The van der Waals surface area contributed by atoms with E-state index in [1.807, 2.05) is 0 Å². The van der Waals surface area contributed by atoms with E-state index in [0.717, 1.165) is 4.74 Å². The fourth-order valence-corrected chi connectivity index (χ4v) is 1.66. The number of carbonyl (C=O) groups is 2. The first-order chi connectivity index (χ1) is 10.1. The number of hydrogen-bond acceptors (Lipinski definition) is 5. The second-order valence-corrected chi connectivity index (χ2v) is 6.04. The molecule has 0 aliphatic heterocycles. The molecule has 0 aliphatic rings. The maximum atomic E-state index is 12.0. The third kappa shape index (κ3) is 5.03. The standard InChI is InChI=1S/C14H19N3O4S/c1-14(2,3)17(21)7-9-4-10(6-15-5-9)12(18)16-11(8-22)13(19)20/h4-7,11,22H,8H2,1-3H3,(H,16,18)(H,19,20)/b17-7-. The van der Waals surface area contributed by atoms with Gasteiger partial charge >= 0.3 is 5.97 Å². The van der Waals surface area contributed by atoms with Crippen LogP contribution in [0, 0.1) is 5.21 Å². The molecule has 1 rings (SSSR count). The SMILES string of the molecule is CC(C)(C)/[N+]([O-])=C/c1cncc(C(=O)NC(CS)C(=O)O)c1. The molecule has 0 spiro atoms. The molecule has 0 saturated carbocycles. The zero-order chi connectivity index (χ0) is 16.9. The first-order valence-electron chi connectivity index (χ1n) is 6.56. The van der Waals surface area contributed by atoms with Gasteiger partial charge in [0.15, 0.2) is 11.8 Å². The lowest BCUT2D eigenvalue weighted by molar-refractivity contribution is -0.530. The highest BCUT2D eigenvalue weighted by Gasteiger charge is 2.20. The summed E-state index contributed by atoms with van der Waals surface area (Å²) in [6, 6.07) is 0.380. The van der Waals surface area contributed by atoms with Crippen LogP contribution in [0.25, 0.3) is 0 Å². The summed E-state index contributed by atoms with van der Waals surface area (Å²) >= 11 is 3.87. The molecule has 1 aromatic rings. The maximum absolute atomic E-state index is 12.0. The Balaban J connectivity index is 2.97. The second kappa shape index (κ2) is 7.26. The highest BCUT2D eigenvalue weighted by Crippen LogP contribution is 2.07. The molecule has 0 bridgehead atoms. The Kier molecular flexibility index (Phi) is 5.92. The number of nitrogens with one attached hydrogen (secondary N) is 1. The van der Waals surface area contributed by atoms with Crippen molar-refractivity contribution < 1.29 is 19.4 Å². The summed E-state index contributed by atoms with van der Waals surface area (Å²) in [7, 11) is 0. The molecule has 7 nitrogen and oxygen atoms in total. The number of carbonyl (C=O) groups excluding carboxylic acids is 1. The number of amides is 1. The van der Waals surface area contributed by atoms with E-state index < -0.39 is 23.5 Å². The summed E-state index contributed by atoms with van der Waals surface area (Å²) < 4.78 is 0.763. The van der Waals surface area contributed by atoms with Gasteiger partial charge in [-0.25, -0.2) is 9.53 Å². The molecule has 0 saturated heterocycles. The number of thiol groups is 1. The largest absolute Gasteiger partial charge is 0.623 e. The van der Waals surface area contributed by atoms with Crippen LogP contribution in [0.4, 0.5) is 0 Å². The third-order valence-corrected chi connectivity index (χ3v) is 3.10. The normalized spacial score (nSPS) is 13.5. The summed E-state index contributed by atoms with van der Waals surface area (Å²) in [6.45, 7) is 5.26. The predicted molar refractivity (Wildman–Crippen MR) is 85.5 cm³/mol. The van der Waals surface area contributed by atoms with Crippen molar-refractivity contribution in [1.82, 2.24) is 10.3 Å². The van der Waals surface area contributed by atoms with Gasteiger partial charge in [0.1, 0.15) is 6.04 Å². The Morgan fingerprint density at radius 2 is 2.14 bits per heavy atom. The van der Waals surface area contributed by atoms with Gasteiger partial charge < -0.3 is 15.6 Å². The number of carboxylic acid groups (broad SMARTS) is 1. The Labute approximate surface area is 134 Å². The number of hydrogen-bond donors (Lipinski definition) is 3. The quantitative estimate of drug-likeness (QED) is 0.245. The third-order valence-electron chi connectivity index (χ3n) is 2.74. The molecule has 2 N–H and O–H groups in total. The molecule has 0 fully saturated rings. The molecule has 0 radical (unpaired) electrons. The van der Waals surface area contributed by atoms with Gasteiger partial charge in [-0.15, -0.1) is 0 Å². The maximum Gasteiger partial charge on any atom is 0.327 e. The molecule has 1 atom stereocenters. The summed E-state index contributed by atoms with van der Waals surface area (Å²) in [5, 5.41) is 23.1. The smallest absolute Gasteiger partial charge is 0.327 e. The lowest BCUT2D eigenvalue weighted by Crippen LogP contribution is -2.42. The van der Waals surface area contributed by atoms with Crippen LogP contribution in [0.2, 0.25) is 0 Å². The highest BCUT2D eigenvalue weighted by atomic mass is 32.1. The van der Waals surface area contributed by atoms with Gasteiger partial charge in [-0.3, -0.25) is 9.78 Å². The fourth-order valence-electron chi connectivity index (χ4n) is 1.41. The van der Waals surface area contributed by atoms with Crippen LogP contribution < -0.4 is 5.32 Å². The summed E-state index contributed by atoms with van der Waals surface area (Å²) in [4.78, 5) is 26.8. The zero-order valence-corrected chi connectivity index (χ0v) is 13.5. The number of aliphatic carboxylic acids is 1. The van der Waals surface area contributed by atoms with E-state index in [2.05, 4.69) is 22.9 Å². The monoisotopic (exact) mass is 325 g/mol. The van der Waals surface area contributed by atoms with E-state index in [0.29, 0.717) is 5.56 Å². The molecule has 0 aliphatic carbocycles. The van der Waals surface area contributed by atoms with Crippen LogP contribution in [-0.4, -0.2) is 50.3 Å². The zero-order valence-electron chi connectivity index (χ0n) is 12.6. The van der Waals surface area contributed by atoms with Crippen LogP contribution in [0.5, 0.6) is 0 Å². The number of aromatic nitrogens is 1. The van der Waals surface area contributed by atoms with Crippen molar-refractivity contribution in [3.8, 4) is 0 Å². The topological polar surface area (TPSA) is 105 Å². The van der Waals surface area contributed by atoms with E-state index in [1.54, 1.807) is 20.8 Å². The molecule has 8 heteroatoms. The van der Waals surface area contributed by atoms with Gasteiger partial charge in [0, 0.05) is 38.9 Å². The van der Waals surface area contributed by atoms with Crippen LogP contribution in [-0.2, 0) is 4.79 Å². The van der Waals surface area contributed by atoms with E-state index in [4.69, 9.17) is 5.11 Å². The second-order valence-electron chi connectivity index (χ2n) is 5.68. The summed E-state index contributed by atoms with van der Waals surface area (Å²) in [5.41, 5.74) is 0.0121. The molecular weight excluding hydrogens is 306 g/mol. The number of rotatable bonds is 5. The molecule has 1 unspecified atom stereocenters. The minimum Gasteiger partial charge on any atom is -0.623 e. The molecule has 22 heavy (non-hydrogen) atoms. The molecule has 1 amide bonds. The Bertz CT molecular complexity index is 596. The lowest BCUT2D eigenvalue weighted by atomic mass is 10.1.